The molecule has 0 aliphatic carbocycles. The normalized spacial score (nSPS) is 12.4. The summed E-state index contributed by atoms with van der Waals surface area (Å²) in [6.07, 6.45) is -4.37. The lowest BCUT2D eigenvalue weighted by atomic mass is 10.2. The molecule has 0 radical (unpaired) electrons. The summed E-state index contributed by atoms with van der Waals surface area (Å²) in [4.78, 5) is 3.89. The number of anilines is 1. The SMILES string of the molecule is N/N=c1/ccc(NCc2cc(F)c(-n3ncnc3C(F)(F)F)c(F)c2)nn1N. The van der Waals surface area contributed by atoms with Crippen molar-refractivity contribution in [3.05, 3.63) is 59.1 Å². The van der Waals surface area contributed by atoms with Crippen molar-refractivity contribution in [3.8, 4) is 5.69 Å². The van der Waals surface area contributed by atoms with E-state index in [-0.39, 0.29) is 28.1 Å². The summed E-state index contributed by atoms with van der Waals surface area (Å²) in [6, 6.07) is 4.66. The van der Waals surface area contributed by atoms with E-state index in [4.69, 9.17) is 11.7 Å². The fourth-order valence-electron chi connectivity index (χ4n) is 2.34. The highest BCUT2D eigenvalue weighted by Crippen LogP contribution is 2.30. The lowest BCUT2D eigenvalue weighted by molar-refractivity contribution is -0.146. The summed E-state index contributed by atoms with van der Waals surface area (Å²) in [5.41, 5.74) is -0.703. The van der Waals surface area contributed by atoms with Crippen LogP contribution in [0, 0.1) is 11.6 Å². The van der Waals surface area contributed by atoms with E-state index in [9.17, 15) is 22.0 Å². The molecule has 148 valence electrons. The summed E-state index contributed by atoms with van der Waals surface area (Å²) >= 11 is 0. The van der Waals surface area contributed by atoms with E-state index in [1.54, 1.807) is 0 Å². The van der Waals surface area contributed by atoms with Gasteiger partial charge in [-0.2, -0.15) is 28.2 Å². The number of nitrogen functional groups attached to an aromatic ring is 1. The highest BCUT2D eigenvalue weighted by Gasteiger charge is 2.38. The van der Waals surface area contributed by atoms with Crippen molar-refractivity contribution in [1.29, 1.82) is 0 Å². The van der Waals surface area contributed by atoms with E-state index < -0.39 is 29.3 Å². The van der Waals surface area contributed by atoms with E-state index >= 15 is 0 Å². The van der Waals surface area contributed by atoms with Crippen LogP contribution in [-0.4, -0.2) is 24.7 Å². The largest absolute Gasteiger partial charge is 0.451 e. The van der Waals surface area contributed by atoms with E-state index in [1.807, 2.05) is 0 Å². The van der Waals surface area contributed by atoms with Crippen LogP contribution < -0.4 is 22.5 Å². The Balaban J connectivity index is 1.87. The van der Waals surface area contributed by atoms with Crippen molar-refractivity contribution in [1.82, 2.24) is 24.7 Å². The first-order chi connectivity index (χ1) is 13.2. The second-order valence-corrected chi connectivity index (χ2v) is 5.41. The van der Waals surface area contributed by atoms with Crippen molar-refractivity contribution < 1.29 is 22.0 Å². The average Bonchev–Trinajstić information content (AvgIpc) is 3.09. The minimum atomic E-state index is -4.93. The van der Waals surface area contributed by atoms with Crippen LogP contribution >= 0.6 is 0 Å². The van der Waals surface area contributed by atoms with Crippen molar-refractivity contribution >= 4 is 5.82 Å². The molecule has 28 heavy (non-hydrogen) atoms. The van der Waals surface area contributed by atoms with E-state index in [0.717, 1.165) is 16.9 Å². The lowest BCUT2D eigenvalue weighted by Gasteiger charge is -2.12. The van der Waals surface area contributed by atoms with E-state index in [0.29, 0.717) is 6.33 Å². The van der Waals surface area contributed by atoms with Crippen molar-refractivity contribution in [2.45, 2.75) is 12.7 Å². The standard InChI is InChI=1S/C14H12F5N9/c15-8-3-7(5-22-10-1-2-11(25-20)28(21)26-10)4-9(16)12(8)27-13(14(17,18)19)23-6-24-27/h1-4,6H,5,20-21H2,(H,22,26)/b25-11-. The summed E-state index contributed by atoms with van der Waals surface area (Å²) in [5, 5.41) is 13.3. The summed E-state index contributed by atoms with van der Waals surface area (Å²) < 4.78 is 67.4. The maximum atomic E-state index is 14.3. The van der Waals surface area contributed by atoms with Crippen molar-refractivity contribution in [2.24, 2.45) is 10.9 Å². The van der Waals surface area contributed by atoms with Crippen molar-refractivity contribution in [2.75, 3.05) is 11.2 Å². The molecule has 1 aromatic carbocycles. The van der Waals surface area contributed by atoms with Crippen LogP contribution in [0.5, 0.6) is 0 Å². The van der Waals surface area contributed by atoms with Gasteiger partial charge in [0.05, 0.1) is 0 Å². The molecule has 9 nitrogen and oxygen atoms in total. The lowest BCUT2D eigenvalue weighted by Crippen LogP contribution is -2.31. The molecule has 3 aromatic rings. The van der Waals surface area contributed by atoms with Gasteiger partial charge in [0.1, 0.15) is 17.8 Å². The second-order valence-electron chi connectivity index (χ2n) is 5.41. The Morgan fingerprint density at radius 3 is 2.39 bits per heavy atom. The molecule has 0 saturated heterocycles. The molecule has 0 amide bonds. The van der Waals surface area contributed by atoms with E-state index in [2.05, 4.69) is 25.6 Å². The van der Waals surface area contributed by atoms with Crippen LogP contribution in [0.15, 0.2) is 35.7 Å². The molecule has 0 saturated carbocycles. The van der Waals surface area contributed by atoms with Gasteiger partial charge in [-0.1, -0.05) is 0 Å². The van der Waals surface area contributed by atoms with Crippen LogP contribution in [0.2, 0.25) is 0 Å². The quantitative estimate of drug-likeness (QED) is 0.338. The summed E-state index contributed by atoms with van der Waals surface area (Å²) in [7, 11) is 0. The second kappa shape index (κ2) is 7.13. The number of nitrogens with two attached hydrogens (primary N) is 2. The Morgan fingerprint density at radius 1 is 1.14 bits per heavy atom. The zero-order valence-electron chi connectivity index (χ0n) is 13.8. The van der Waals surface area contributed by atoms with Gasteiger partial charge in [0.15, 0.2) is 17.1 Å². The average molecular weight is 401 g/mol. The summed E-state index contributed by atoms with van der Waals surface area (Å²) in [5.74, 6) is 6.84. The number of aromatic nitrogens is 5. The van der Waals surface area contributed by atoms with Gasteiger partial charge in [0.25, 0.3) is 0 Å². The predicted molar refractivity (Wildman–Crippen MR) is 85.7 cm³/mol. The number of nitrogens with one attached hydrogen (secondary N) is 1. The third kappa shape index (κ3) is 3.70. The molecular weight excluding hydrogens is 389 g/mol. The van der Waals surface area contributed by atoms with E-state index in [1.165, 1.54) is 12.1 Å². The van der Waals surface area contributed by atoms with Crippen LogP contribution in [0.4, 0.5) is 27.8 Å². The van der Waals surface area contributed by atoms with Gasteiger partial charge >= 0.3 is 6.18 Å². The number of halogens is 5. The number of benzene rings is 1. The molecule has 0 atom stereocenters. The highest BCUT2D eigenvalue weighted by atomic mass is 19.4. The number of alkyl halides is 3. The van der Waals surface area contributed by atoms with Crippen LogP contribution in [0.1, 0.15) is 11.4 Å². The molecule has 2 heterocycles. The zero-order valence-corrected chi connectivity index (χ0v) is 13.8. The maximum absolute atomic E-state index is 14.3. The number of nitrogens with zero attached hydrogens (tertiary/aromatic N) is 6. The Morgan fingerprint density at radius 2 is 1.82 bits per heavy atom. The molecule has 0 bridgehead atoms. The van der Waals surface area contributed by atoms with Crippen LogP contribution in [0.3, 0.4) is 0 Å². The first-order valence-corrected chi connectivity index (χ1v) is 7.49. The van der Waals surface area contributed by atoms with Gasteiger partial charge in [0, 0.05) is 6.54 Å². The van der Waals surface area contributed by atoms with Gasteiger partial charge < -0.3 is 17.0 Å². The highest BCUT2D eigenvalue weighted by molar-refractivity contribution is 5.40. The maximum Gasteiger partial charge on any atom is 0.451 e. The van der Waals surface area contributed by atoms with Gasteiger partial charge in [-0.3, -0.25) is 0 Å². The molecule has 0 aliphatic rings. The minimum Gasteiger partial charge on any atom is -0.365 e. The number of hydrogen-bond acceptors (Lipinski definition) is 7. The Kier molecular flexibility index (Phi) is 4.85. The molecule has 3 rings (SSSR count). The Bertz CT molecular complexity index is 1050. The molecule has 0 aliphatic heterocycles. The van der Waals surface area contributed by atoms with Crippen LogP contribution in [0.25, 0.3) is 5.69 Å². The predicted octanol–water partition coefficient (Wildman–Crippen LogP) is 0.861. The summed E-state index contributed by atoms with van der Waals surface area (Å²) in [6.45, 7) is -0.0935. The van der Waals surface area contributed by atoms with Gasteiger partial charge in [0.2, 0.25) is 5.82 Å². The third-order valence-corrected chi connectivity index (χ3v) is 3.54. The molecule has 2 aromatic heterocycles. The smallest absolute Gasteiger partial charge is 0.365 e. The number of rotatable bonds is 4. The molecular formula is C14H12F5N9. The first-order valence-electron chi connectivity index (χ1n) is 7.49. The molecule has 14 heteroatoms. The van der Waals surface area contributed by atoms with Gasteiger partial charge in [-0.25, -0.2) is 18.4 Å². The van der Waals surface area contributed by atoms with Crippen molar-refractivity contribution in [3.63, 3.8) is 0 Å². The monoisotopic (exact) mass is 401 g/mol. The molecule has 0 fully saturated rings. The van der Waals surface area contributed by atoms with Gasteiger partial charge in [-0.05, 0) is 29.8 Å². The Labute approximate surface area is 153 Å². The molecule has 5 N–H and O–H groups in total. The minimum absolute atomic E-state index is 0.0653. The molecule has 0 spiro atoms. The first kappa shape index (κ1) is 19.1. The zero-order chi connectivity index (χ0) is 20.5. The topological polar surface area (TPSA) is 125 Å². The third-order valence-electron chi connectivity index (χ3n) is 3.54. The fourth-order valence-corrected chi connectivity index (χ4v) is 2.34. The Hall–Kier alpha value is -3.71. The number of hydrogen-bond donors (Lipinski definition) is 3. The van der Waals surface area contributed by atoms with Crippen LogP contribution in [-0.2, 0) is 12.7 Å². The fraction of sp³-hybridized carbons (Fsp3) is 0.143. The molecule has 0 unspecified atom stereocenters. The van der Waals surface area contributed by atoms with Gasteiger partial charge in [-0.15, -0.1) is 5.10 Å².